The number of benzene rings is 2. The summed E-state index contributed by atoms with van der Waals surface area (Å²) in [7, 11) is 0. The third kappa shape index (κ3) is 3.46. The zero-order valence-electron chi connectivity index (χ0n) is 17.7. The van der Waals surface area contributed by atoms with E-state index in [-0.39, 0.29) is 0 Å². The van der Waals surface area contributed by atoms with Crippen LogP contribution < -0.4 is 0 Å². The van der Waals surface area contributed by atoms with Crippen LogP contribution in [0.1, 0.15) is 104 Å². The molecule has 3 aliphatic rings. The van der Waals surface area contributed by atoms with Gasteiger partial charge in [-0.2, -0.15) is 0 Å². The van der Waals surface area contributed by atoms with Crippen LogP contribution in [0.15, 0.2) is 52.0 Å². The van der Waals surface area contributed by atoms with Crippen molar-refractivity contribution in [3.8, 4) is 0 Å². The Morgan fingerprint density at radius 2 is 1.28 bits per heavy atom. The van der Waals surface area contributed by atoms with E-state index in [4.69, 9.17) is 0 Å². The summed E-state index contributed by atoms with van der Waals surface area (Å²) in [6.45, 7) is 4.67. The van der Waals surface area contributed by atoms with Crippen molar-refractivity contribution in [2.75, 3.05) is 0 Å². The molecular formula is C28H31Br. The molecule has 1 heteroatoms. The van der Waals surface area contributed by atoms with E-state index in [0.717, 1.165) is 5.92 Å². The predicted molar refractivity (Wildman–Crippen MR) is 128 cm³/mol. The van der Waals surface area contributed by atoms with Crippen LogP contribution in [0.3, 0.4) is 0 Å². The first kappa shape index (κ1) is 19.4. The fourth-order valence-electron chi connectivity index (χ4n) is 6.10. The van der Waals surface area contributed by atoms with Crippen LogP contribution in [0.25, 0.3) is 12.2 Å². The second-order valence-corrected chi connectivity index (χ2v) is 10.2. The van der Waals surface area contributed by atoms with Gasteiger partial charge in [-0.25, -0.2) is 0 Å². The zero-order valence-corrected chi connectivity index (χ0v) is 19.3. The second-order valence-electron chi connectivity index (χ2n) is 9.39. The van der Waals surface area contributed by atoms with Crippen LogP contribution in [0, 0.1) is 0 Å². The Bertz CT molecular complexity index is 987. The van der Waals surface area contributed by atoms with Crippen LogP contribution in [0.4, 0.5) is 0 Å². The van der Waals surface area contributed by atoms with Crippen molar-refractivity contribution in [2.24, 2.45) is 0 Å². The minimum absolute atomic E-state index is 0.570. The predicted octanol–water partition coefficient (Wildman–Crippen LogP) is 8.98. The van der Waals surface area contributed by atoms with Gasteiger partial charge >= 0.3 is 0 Å². The summed E-state index contributed by atoms with van der Waals surface area (Å²) in [5, 5.41) is 0. The lowest BCUT2D eigenvalue weighted by Gasteiger charge is -2.25. The minimum atomic E-state index is 0.570. The molecule has 0 heterocycles. The number of rotatable bonds is 4. The molecular weight excluding hydrogens is 416 g/mol. The second kappa shape index (κ2) is 7.91. The van der Waals surface area contributed by atoms with Crippen molar-refractivity contribution in [1.82, 2.24) is 0 Å². The third-order valence-corrected chi connectivity index (χ3v) is 8.33. The first-order valence-electron chi connectivity index (χ1n) is 11.4. The van der Waals surface area contributed by atoms with Gasteiger partial charge in [0, 0.05) is 16.3 Å². The molecule has 2 atom stereocenters. The van der Waals surface area contributed by atoms with Crippen LogP contribution in [0.2, 0.25) is 0 Å². The maximum Gasteiger partial charge on any atom is 0.0250 e. The standard InChI is InChI=1S/C28H31Br/c1-18-16-26-23(20-8-4-3-5-9-20)10-6-11-24(26)21(18)14-15-22-19(2)17-27-25(22)12-7-13-28(27)29/h6-7,10-13,16-17,20-22H,3-5,8-9,14-15H2,1-2H3. The van der Waals surface area contributed by atoms with Crippen LogP contribution in [-0.4, -0.2) is 0 Å². The Kier molecular flexibility index (Phi) is 5.28. The Labute approximate surface area is 184 Å². The van der Waals surface area contributed by atoms with Gasteiger partial charge in [-0.15, -0.1) is 0 Å². The van der Waals surface area contributed by atoms with E-state index in [1.165, 1.54) is 66.1 Å². The van der Waals surface area contributed by atoms with Gasteiger partial charge in [-0.1, -0.05) is 88.8 Å². The van der Waals surface area contributed by atoms with Gasteiger partial charge < -0.3 is 0 Å². The molecule has 1 saturated carbocycles. The Balaban J connectivity index is 1.38. The van der Waals surface area contributed by atoms with E-state index in [1.807, 2.05) is 0 Å². The summed E-state index contributed by atoms with van der Waals surface area (Å²) in [6, 6.07) is 13.8. The average Bonchev–Trinajstić information content (AvgIpc) is 3.23. The molecule has 0 amide bonds. The molecule has 2 aromatic rings. The summed E-state index contributed by atoms with van der Waals surface area (Å²) in [6.07, 6.45) is 14.4. The van der Waals surface area contributed by atoms with Crippen LogP contribution >= 0.6 is 15.9 Å². The monoisotopic (exact) mass is 446 g/mol. The summed E-state index contributed by atoms with van der Waals surface area (Å²) in [4.78, 5) is 0. The van der Waals surface area contributed by atoms with Crippen molar-refractivity contribution in [3.63, 3.8) is 0 Å². The molecule has 0 spiro atoms. The van der Waals surface area contributed by atoms with Crippen molar-refractivity contribution in [1.29, 1.82) is 0 Å². The number of fused-ring (bicyclic) bond motifs is 2. The van der Waals surface area contributed by atoms with Crippen LogP contribution in [0.5, 0.6) is 0 Å². The van der Waals surface area contributed by atoms with E-state index in [2.05, 4.69) is 78.3 Å². The summed E-state index contributed by atoms with van der Waals surface area (Å²) < 4.78 is 1.23. The van der Waals surface area contributed by atoms with Gasteiger partial charge in [0.1, 0.15) is 0 Å². The summed E-state index contributed by atoms with van der Waals surface area (Å²) >= 11 is 3.74. The van der Waals surface area contributed by atoms with E-state index >= 15 is 0 Å². The Hall–Kier alpha value is -1.60. The number of allylic oxidation sites excluding steroid dienone is 2. The average molecular weight is 447 g/mol. The zero-order chi connectivity index (χ0) is 20.0. The van der Waals surface area contributed by atoms with E-state index in [1.54, 1.807) is 22.3 Å². The number of halogens is 1. The van der Waals surface area contributed by atoms with Crippen LogP contribution in [-0.2, 0) is 0 Å². The van der Waals surface area contributed by atoms with Crippen molar-refractivity contribution in [2.45, 2.75) is 76.5 Å². The highest BCUT2D eigenvalue weighted by atomic mass is 79.9. The smallest absolute Gasteiger partial charge is 0.0250 e. The normalized spacial score (nSPS) is 23.6. The van der Waals surface area contributed by atoms with Gasteiger partial charge in [-0.05, 0) is 79.3 Å². The molecule has 5 rings (SSSR count). The molecule has 2 aromatic carbocycles. The molecule has 3 aliphatic carbocycles. The lowest BCUT2D eigenvalue weighted by molar-refractivity contribution is 0.443. The topological polar surface area (TPSA) is 0 Å². The molecule has 0 aromatic heterocycles. The maximum atomic E-state index is 3.74. The molecule has 0 bridgehead atoms. The number of hydrogen-bond donors (Lipinski definition) is 0. The van der Waals surface area contributed by atoms with Crippen molar-refractivity contribution < 1.29 is 0 Å². The van der Waals surface area contributed by atoms with E-state index in [9.17, 15) is 0 Å². The third-order valence-electron chi connectivity index (χ3n) is 7.64. The summed E-state index contributed by atoms with van der Waals surface area (Å²) in [5.74, 6) is 1.95. The first-order valence-corrected chi connectivity index (χ1v) is 12.2. The highest BCUT2D eigenvalue weighted by Gasteiger charge is 2.30. The SMILES string of the molecule is CC1=Cc2c(Br)cccc2C1CCC1C(C)=Cc2c(C3CCCCC3)cccc21. The lowest BCUT2D eigenvalue weighted by Crippen LogP contribution is -2.08. The minimum Gasteiger partial charge on any atom is -0.0652 e. The molecule has 150 valence electrons. The van der Waals surface area contributed by atoms with Gasteiger partial charge in [0.25, 0.3) is 0 Å². The molecule has 29 heavy (non-hydrogen) atoms. The maximum absolute atomic E-state index is 3.74. The molecule has 0 saturated heterocycles. The molecule has 0 aliphatic heterocycles. The first-order chi connectivity index (χ1) is 14.1. The number of hydrogen-bond acceptors (Lipinski definition) is 0. The van der Waals surface area contributed by atoms with E-state index < -0.39 is 0 Å². The highest BCUT2D eigenvalue weighted by Crippen LogP contribution is 2.48. The fourth-order valence-corrected chi connectivity index (χ4v) is 6.59. The lowest BCUT2D eigenvalue weighted by atomic mass is 9.80. The summed E-state index contributed by atoms with van der Waals surface area (Å²) in [5.41, 5.74) is 10.8. The molecule has 0 radical (unpaired) electrons. The van der Waals surface area contributed by atoms with Crippen molar-refractivity contribution in [3.05, 3.63) is 79.8 Å². The Morgan fingerprint density at radius 3 is 1.97 bits per heavy atom. The van der Waals surface area contributed by atoms with Gasteiger partial charge in [0.2, 0.25) is 0 Å². The van der Waals surface area contributed by atoms with Gasteiger partial charge in [-0.3, -0.25) is 0 Å². The molecule has 0 nitrogen and oxygen atoms in total. The largest absolute Gasteiger partial charge is 0.0652 e. The molecule has 1 fully saturated rings. The molecule has 2 unspecified atom stereocenters. The van der Waals surface area contributed by atoms with Gasteiger partial charge in [0.15, 0.2) is 0 Å². The Morgan fingerprint density at radius 1 is 0.724 bits per heavy atom. The molecule has 0 N–H and O–H groups in total. The van der Waals surface area contributed by atoms with Crippen molar-refractivity contribution >= 4 is 28.1 Å². The highest BCUT2D eigenvalue weighted by molar-refractivity contribution is 9.10. The van der Waals surface area contributed by atoms with E-state index in [0.29, 0.717) is 11.8 Å². The quantitative estimate of drug-likeness (QED) is 0.439. The van der Waals surface area contributed by atoms with Gasteiger partial charge in [0.05, 0.1) is 0 Å². The fraction of sp³-hybridized carbons (Fsp3) is 0.429.